The number of aromatic nitrogens is 2. The van der Waals surface area contributed by atoms with Gasteiger partial charge in [-0.1, -0.05) is 18.2 Å². The normalized spacial score (nSPS) is 14.1. The van der Waals surface area contributed by atoms with E-state index >= 15 is 0 Å². The summed E-state index contributed by atoms with van der Waals surface area (Å²) in [5.41, 5.74) is 7.17. The predicted octanol–water partition coefficient (Wildman–Crippen LogP) is 1.82. The second-order valence-electron chi connectivity index (χ2n) is 4.77. The van der Waals surface area contributed by atoms with Crippen LogP contribution >= 0.6 is 0 Å². The zero-order valence-electron chi connectivity index (χ0n) is 11.2. The summed E-state index contributed by atoms with van der Waals surface area (Å²) in [5, 5.41) is 7.63. The Labute approximate surface area is 116 Å². The van der Waals surface area contributed by atoms with Crippen LogP contribution in [0.2, 0.25) is 0 Å². The van der Waals surface area contributed by atoms with E-state index in [2.05, 4.69) is 10.4 Å². The first-order valence-electron chi connectivity index (χ1n) is 6.49. The van der Waals surface area contributed by atoms with Crippen molar-refractivity contribution < 1.29 is 9.53 Å². The fraction of sp³-hybridized carbons (Fsp3) is 0.286. The fourth-order valence-corrected chi connectivity index (χ4v) is 2.02. The van der Waals surface area contributed by atoms with E-state index in [1.807, 2.05) is 30.3 Å². The van der Waals surface area contributed by atoms with Crippen LogP contribution in [-0.2, 0) is 4.74 Å². The molecule has 1 aromatic carbocycles. The van der Waals surface area contributed by atoms with Crippen molar-refractivity contribution in [2.45, 2.75) is 18.9 Å². The third-order valence-corrected chi connectivity index (χ3v) is 3.23. The molecule has 2 aromatic rings. The summed E-state index contributed by atoms with van der Waals surface area (Å²) in [6.45, 7) is 0. The minimum atomic E-state index is -0.479. The number of para-hydroxylation sites is 1. The largest absolute Gasteiger partial charge is 0.465 e. The molecule has 3 N–H and O–H groups in total. The van der Waals surface area contributed by atoms with Gasteiger partial charge in [-0.25, -0.2) is 9.48 Å². The summed E-state index contributed by atoms with van der Waals surface area (Å²) in [6.07, 6.45) is 2.16. The van der Waals surface area contributed by atoms with Crippen molar-refractivity contribution >= 4 is 17.6 Å². The lowest BCUT2D eigenvalue weighted by molar-refractivity contribution is 0.0603. The van der Waals surface area contributed by atoms with Crippen LogP contribution in [0.5, 0.6) is 0 Å². The monoisotopic (exact) mass is 272 g/mol. The van der Waals surface area contributed by atoms with Gasteiger partial charge in [0, 0.05) is 6.04 Å². The Balaban J connectivity index is 2.07. The summed E-state index contributed by atoms with van der Waals surface area (Å²) >= 11 is 0. The van der Waals surface area contributed by atoms with Gasteiger partial charge in [0.1, 0.15) is 11.4 Å². The summed E-state index contributed by atoms with van der Waals surface area (Å²) in [5.74, 6) is 0.291. The number of carbonyl (C=O) groups excluding carboxylic acids is 1. The fourth-order valence-electron chi connectivity index (χ4n) is 2.02. The van der Waals surface area contributed by atoms with Crippen molar-refractivity contribution in [3.63, 3.8) is 0 Å². The number of methoxy groups -OCH3 is 1. The summed E-state index contributed by atoms with van der Waals surface area (Å²) < 4.78 is 6.35. The van der Waals surface area contributed by atoms with E-state index < -0.39 is 5.97 Å². The molecule has 6 heteroatoms. The highest BCUT2D eigenvalue weighted by Gasteiger charge is 2.28. The Hall–Kier alpha value is -2.50. The number of esters is 1. The molecule has 1 heterocycles. The van der Waals surface area contributed by atoms with Gasteiger partial charge in [0.15, 0.2) is 5.82 Å². The number of ether oxygens (including phenoxy) is 1. The third kappa shape index (κ3) is 2.20. The van der Waals surface area contributed by atoms with Crippen LogP contribution in [0.1, 0.15) is 23.2 Å². The Bertz CT molecular complexity index is 632. The average molecular weight is 272 g/mol. The summed E-state index contributed by atoms with van der Waals surface area (Å²) in [7, 11) is 1.34. The summed E-state index contributed by atoms with van der Waals surface area (Å²) in [6, 6.07) is 9.83. The predicted molar refractivity (Wildman–Crippen MR) is 76.0 cm³/mol. The number of nitrogen functional groups attached to an aromatic ring is 1. The standard InChI is InChI=1S/C14H16N4O2/c1-20-14(19)11-12(15)18(10-5-3-2-4-6-10)17-13(11)16-9-7-8-9/h2-6,9H,7-8,15H2,1H3,(H,16,17). The second-order valence-corrected chi connectivity index (χ2v) is 4.77. The van der Waals surface area contributed by atoms with E-state index in [4.69, 9.17) is 10.5 Å². The van der Waals surface area contributed by atoms with E-state index in [9.17, 15) is 4.79 Å². The van der Waals surface area contributed by atoms with Crippen molar-refractivity contribution in [3.8, 4) is 5.69 Å². The van der Waals surface area contributed by atoms with Crippen molar-refractivity contribution in [3.05, 3.63) is 35.9 Å². The number of carbonyl (C=O) groups is 1. The van der Waals surface area contributed by atoms with E-state index in [1.165, 1.54) is 7.11 Å². The lowest BCUT2D eigenvalue weighted by atomic mass is 10.3. The minimum absolute atomic E-state index is 0.284. The molecule has 0 bridgehead atoms. The van der Waals surface area contributed by atoms with Crippen LogP contribution in [0.25, 0.3) is 5.69 Å². The molecule has 1 aliphatic rings. The molecular formula is C14H16N4O2. The minimum Gasteiger partial charge on any atom is -0.465 e. The molecule has 0 unspecified atom stereocenters. The number of hydrogen-bond acceptors (Lipinski definition) is 5. The summed E-state index contributed by atoms with van der Waals surface area (Å²) in [4.78, 5) is 11.9. The maximum absolute atomic E-state index is 11.9. The number of rotatable bonds is 4. The van der Waals surface area contributed by atoms with Crippen LogP contribution < -0.4 is 11.1 Å². The van der Waals surface area contributed by atoms with E-state index in [0.29, 0.717) is 17.4 Å². The first kappa shape index (κ1) is 12.5. The number of nitrogens with zero attached hydrogens (tertiary/aromatic N) is 2. The molecule has 3 rings (SSSR count). The maximum Gasteiger partial charge on any atom is 0.345 e. The van der Waals surface area contributed by atoms with Gasteiger partial charge in [0.05, 0.1) is 12.8 Å². The molecule has 0 aliphatic heterocycles. The Kier molecular flexibility index (Phi) is 3.06. The zero-order chi connectivity index (χ0) is 14.1. The molecular weight excluding hydrogens is 256 g/mol. The van der Waals surface area contributed by atoms with Crippen LogP contribution in [-0.4, -0.2) is 28.9 Å². The molecule has 1 saturated carbocycles. The molecule has 0 atom stereocenters. The lowest BCUT2D eigenvalue weighted by Gasteiger charge is -2.03. The number of hydrogen-bond donors (Lipinski definition) is 2. The van der Waals surface area contributed by atoms with Crippen LogP contribution in [0.3, 0.4) is 0 Å². The number of benzene rings is 1. The topological polar surface area (TPSA) is 82.2 Å². The van der Waals surface area contributed by atoms with Gasteiger partial charge in [0.2, 0.25) is 0 Å². The van der Waals surface area contributed by atoms with Crippen molar-refractivity contribution in [1.29, 1.82) is 0 Å². The van der Waals surface area contributed by atoms with Crippen LogP contribution in [0, 0.1) is 0 Å². The molecule has 1 aromatic heterocycles. The molecule has 1 fully saturated rings. The first-order chi connectivity index (χ1) is 9.70. The number of anilines is 2. The van der Waals surface area contributed by atoms with Crippen LogP contribution in [0.4, 0.5) is 11.6 Å². The van der Waals surface area contributed by atoms with Gasteiger partial charge in [-0.15, -0.1) is 5.10 Å². The molecule has 0 radical (unpaired) electrons. The molecule has 0 spiro atoms. The lowest BCUT2D eigenvalue weighted by Crippen LogP contribution is -2.10. The van der Waals surface area contributed by atoms with Crippen molar-refractivity contribution in [1.82, 2.24) is 9.78 Å². The smallest absolute Gasteiger partial charge is 0.345 e. The van der Waals surface area contributed by atoms with E-state index in [1.54, 1.807) is 4.68 Å². The molecule has 20 heavy (non-hydrogen) atoms. The average Bonchev–Trinajstić information content (AvgIpc) is 3.22. The Morgan fingerprint density at radius 1 is 1.40 bits per heavy atom. The molecule has 0 amide bonds. The first-order valence-corrected chi connectivity index (χ1v) is 6.49. The SMILES string of the molecule is COC(=O)c1c(NC2CC2)nn(-c2ccccc2)c1N. The number of nitrogens with two attached hydrogens (primary N) is 1. The highest BCUT2D eigenvalue weighted by atomic mass is 16.5. The van der Waals surface area contributed by atoms with Gasteiger partial charge >= 0.3 is 5.97 Å². The van der Waals surface area contributed by atoms with Gasteiger partial charge < -0.3 is 15.8 Å². The van der Waals surface area contributed by atoms with Crippen molar-refractivity contribution in [2.24, 2.45) is 0 Å². The van der Waals surface area contributed by atoms with Gasteiger partial charge in [0.25, 0.3) is 0 Å². The number of nitrogens with one attached hydrogen (secondary N) is 1. The molecule has 0 saturated heterocycles. The van der Waals surface area contributed by atoms with E-state index in [0.717, 1.165) is 18.5 Å². The maximum atomic E-state index is 11.9. The van der Waals surface area contributed by atoms with Crippen molar-refractivity contribution in [2.75, 3.05) is 18.2 Å². The Morgan fingerprint density at radius 2 is 2.10 bits per heavy atom. The van der Waals surface area contributed by atoms with Gasteiger partial charge in [-0.05, 0) is 25.0 Å². The molecule has 1 aliphatic carbocycles. The highest BCUT2D eigenvalue weighted by molar-refractivity contribution is 6.00. The van der Waals surface area contributed by atoms with Gasteiger partial charge in [-0.3, -0.25) is 0 Å². The second kappa shape index (κ2) is 4.88. The third-order valence-electron chi connectivity index (χ3n) is 3.23. The van der Waals surface area contributed by atoms with Gasteiger partial charge in [-0.2, -0.15) is 0 Å². The molecule has 104 valence electrons. The highest BCUT2D eigenvalue weighted by Crippen LogP contribution is 2.30. The van der Waals surface area contributed by atoms with E-state index in [-0.39, 0.29) is 5.82 Å². The molecule has 6 nitrogen and oxygen atoms in total. The Morgan fingerprint density at radius 3 is 2.70 bits per heavy atom. The zero-order valence-corrected chi connectivity index (χ0v) is 11.2. The van der Waals surface area contributed by atoms with Crippen LogP contribution in [0.15, 0.2) is 30.3 Å². The quantitative estimate of drug-likeness (QED) is 0.829.